The second kappa shape index (κ2) is 5.82. The van der Waals surface area contributed by atoms with Gasteiger partial charge in [-0.2, -0.15) is 0 Å². The second-order valence-corrected chi connectivity index (χ2v) is 3.75. The monoisotopic (exact) mass is 263 g/mol. The number of anilines is 1. The highest BCUT2D eigenvalue weighted by Gasteiger charge is 2.18. The van der Waals surface area contributed by atoms with E-state index in [9.17, 15) is 4.79 Å². The van der Waals surface area contributed by atoms with Gasteiger partial charge in [-0.25, -0.2) is 4.79 Å². The molecule has 0 saturated carbocycles. The number of benzene rings is 1. The Labute approximate surface area is 103 Å². The zero-order valence-electron chi connectivity index (χ0n) is 8.61. The van der Waals surface area contributed by atoms with Crippen LogP contribution >= 0.6 is 23.2 Å². The fraction of sp³-hybridized carbons (Fsp3) is 0.300. The van der Waals surface area contributed by atoms with Crippen molar-refractivity contribution in [1.29, 1.82) is 0 Å². The number of halogens is 2. The first-order chi connectivity index (χ1) is 7.60. The van der Waals surface area contributed by atoms with Crippen LogP contribution in [0, 0.1) is 0 Å². The topological polar surface area (TPSA) is 49.8 Å². The Bertz CT molecular complexity index is 384. The molecule has 1 aromatic rings. The van der Waals surface area contributed by atoms with Crippen LogP contribution in [0.2, 0.25) is 5.02 Å². The van der Waals surface area contributed by atoms with Gasteiger partial charge in [0.15, 0.2) is 0 Å². The summed E-state index contributed by atoms with van der Waals surface area (Å²) in [4.78, 5) is 12.1. The van der Waals surface area contributed by atoms with Gasteiger partial charge in [0.25, 0.3) is 0 Å². The maximum Gasteiger partial charge on any atom is 0.411 e. The first kappa shape index (κ1) is 12.9. The highest BCUT2D eigenvalue weighted by Crippen LogP contribution is 2.31. The van der Waals surface area contributed by atoms with Crippen molar-refractivity contribution in [2.75, 3.05) is 24.4 Å². The number of nitrogens with zero attached hydrogens (tertiary/aromatic N) is 1. The molecule has 0 radical (unpaired) electrons. The number of alkyl halides is 1. The highest BCUT2D eigenvalue weighted by molar-refractivity contribution is 6.31. The normalized spacial score (nSPS) is 9.94. The quantitative estimate of drug-likeness (QED) is 0.850. The predicted octanol–water partition coefficient (Wildman–Crippen LogP) is 3.07. The number of hydrogen-bond acceptors (Lipinski definition) is 2. The van der Waals surface area contributed by atoms with Gasteiger partial charge in [0.2, 0.25) is 0 Å². The molecule has 88 valence electrons. The van der Waals surface area contributed by atoms with Crippen molar-refractivity contribution in [2.45, 2.75) is 0 Å². The molecule has 0 saturated heterocycles. The molecule has 0 aromatic heterocycles. The summed E-state index contributed by atoms with van der Waals surface area (Å²) in [5.41, 5.74) is 0.392. The van der Waals surface area contributed by atoms with Crippen molar-refractivity contribution in [3.63, 3.8) is 0 Å². The van der Waals surface area contributed by atoms with Gasteiger partial charge in [-0.1, -0.05) is 11.6 Å². The Morgan fingerprint density at radius 3 is 2.75 bits per heavy atom. The lowest BCUT2D eigenvalue weighted by molar-refractivity contribution is 0.202. The molecule has 0 aliphatic rings. The zero-order valence-corrected chi connectivity index (χ0v) is 10.1. The van der Waals surface area contributed by atoms with E-state index >= 15 is 0 Å². The molecule has 0 aliphatic carbocycles. The average molecular weight is 264 g/mol. The maximum absolute atomic E-state index is 11.0. The lowest BCUT2D eigenvalue weighted by atomic mass is 10.2. The van der Waals surface area contributed by atoms with Crippen LogP contribution in [-0.2, 0) is 0 Å². The van der Waals surface area contributed by atoms with Gasteiger partial charge in [0.1, 0.15) is 5.75 Å². The third-order valence-corrected chi connectivity index (χ3v) is 2.37. The summed E-state index contributed by atoms with van der Waals surface area (Å²) in [6, 6.07) is 4.77. The molecular formula is C10H11Cl2NO3. The third-order valence-electron chi connectivity index (χ3n) is 1.97. The molecule has 0 atom stereocenters. The van der Waals surface area contributed by atoms with E-state index in [2.05, 4.69) is 0 Å². The van der Waals surface area contributed by atoms with Crippen molar-refractivity contribution in [1.82, 2.24) is 0 Å². The lowest BCUT2D eigenvalue weighted by Gasteiger charge is -2.20. The molecular weight excluding hydrogens is 253 g/mol. The number of rotatable bonds is 4. The van der Waals surface area contributed by atoms with E-state index in [1.807, 2.05) is 0 Å². The number of carbonyl (C=O) groups is 1. The Kier molecular flexibility index (Phi) is 4.71. The molecule has 0 bridgehead atoms. The molecule has 16 heavy (non-hydrogen) atoms. The molecule has 1 N–H and O–H groups in total. The van der Waals surface area contributed by atoms with Crippen LogP contribution in [0.1, 0.15) is 0 Å². The molecule has 0 unspecified atom stereocenters. The average Bonchev–Trinajstić information content (AvgIpc) is 2.25. The van der Waals surface area contributed by atoms with Crippen LogP contribution in [0.15, 0.2) is 18.2 Å². The summed E-state index contributed by atoms with van der Waals surface area (Å²) in [6.07, 6.45) is -1.10. The second-order valence-electron chi connectivity index (χ2n) is 2.94. The van der Waals surface area contributed by atoms with Gasteiger partial charge in [0, 0.05) is 17.4 Å². The fourth-order valence-corrected chi connectivity index (χ4v) is 1.61. The van der Waals surface area contributed by atoms with E-state index in [-0.39, 0.29) is 12.4 Å². The number of carboxylic acid groups (broad SMARTS) is 1. The third kappa shape index (κ3) is 2.93. The van der Waals surface area contributed by atoms with Crippen molar-refractivity contribution in [3.8, 4) is 5.75 Å². The highest BCUT2D eigenvalue weighted by atomic mass is 35.5. The largest absolute Gasteiger partial charge is 0.495 e. The minimum absolute atomic E-state index is 0.174. The Morgan fingerprint density at radius 1 is 1.56 bits per heavy atom. The van der Waals surface area contributed by atoms with Gasteiger partial charge in [-0.3, -0.25) is 4.90 Å². The van der Waals surface area contributed by atoms with Crippen molar-refractivity contribution in [3.05, 3.63) is 23.2 Å². The molecule has 0 spiro atoms. The van der Waals surface area contributed by atoms with Crippen LogP contribution in [0.3, 0.4) is 0 Å². The summed E-state index contributed by atoms with van der Waals surface area (Å²) in [6.45, 7) is 0.174. The van der Waals surface area contributed by atoms with Gasteiger partial charge in [-0.05, 0) is 18.2 Å². The first-order valence-corrected chi connectivity index (χ1v) is 5.41. The summed E-state index contributed by atoms with van der Waals surface area (Å²) in [7, 11) is 1.47. The van der Waals surface area contributed by atoms with E-state index in [1.165, 1.54) is 13.2 Å². The summed E-state index contributed by atoms with van der Waals surface area (Å²) < 4.78 is 5.07. The smallest absolute Gasteiger partial charge is 0.411 e. The van der Waals surface area contributed by atoms with Gasteiger partial charge < -0.3 is 9.84 Å². The van der Waals surface area contributed by atoms with Gasteiger partial charge in [-0.15, -0.1) is 11.6 Å². The number of hydrogen-bond donors (Lipinski definition) is 1. The number of ether oxygens (including phenoxy) is 1. The summed E-state index contributed by atoms with van der Waals surface area (Å²) in [5.74, 6) is 0.638. The standard InChI is InChI=1S/C10H11Cl2NO3/c1-16-9-3-2-7(12)6-8(9)13(5-4-11)10(14)15/h2-3,6H,4-5H2,1H3,(H,14,15). The SMILES string of the molecule is COc1ccc(Cl)cc1N(CCCl)C(=O)O. The fourth-order valence-electron chi connectivity index (χ4n) is 1.28. The van der Waals surface area contributed by atoms with Crippen molar-refractivity contribution < 1.29 is 14.6 Å². The van der Waals surface area contributed by atoms with Crippen LogP contribution in [0.4, 0.5) is 10.5 Å². The molecule has 0 heterocycles. The van der Waals surface area contributed by atoms with Crippen LogP contribution in [-0.4, -0.2) is 30.7 Å². The minimum Gasteiger partial charge on any atom is -0.495 e. The van der Waals surface area contributed by atoms with Crippen molar-refractivity contribution in [2.24, 2.45) is 0 Å². The van der Waals surface area contributed by atoms with Crippen LogP contribution in [0.5, 0.6) is 5.75 Å². The molecule has 0 aliphatic heterocycles. The molecule has 4 nitrogen and oxygen atoms in total. The van der Waals surface area contributed by atoms with E-state index in [4.69, 9.17) is 33.0 Å². The van der Waals surface area contributed by atoms with E-state index in [0.29, 0.717) is 16.5 Å². The van der Waals surface area contributed by atoms with Crippen LogP contribution < -0.4 is 9.64 Å². The van der Waals surface area contributed by atoms with E-state index < -0.39 is 6.09 Å². The summed E-state index contributed by atoms with van der Waals surface area (Å²) >= 11 is 11.4. The van der Waals surface area contributed by atoms with E-state index in [1.54, 1.807) is 12.1 Å². The van der Waals surface area contributed by atoms with Crippen LogP contribution in [0.25, 0.3) is 0 Å². The Hall–Kier alpha value is -1.13. The Balaban J connectivity index is 3.15. The Morgan fingerprint density at radius 2 is 2.25 bits per heavy atom. The molecule has 1 rings (SSSR count). The molecule has 1 aromatic carbocycles. The molecule has 6 heteroatoms. The number of methoxy groups -OCH3 is 1. The molecule has 1 amide bonds. The first-order valence-electron chi connectivity index (χ1n) is 4.50. The summed E-state index contributed by atoms with van der Waals surface area (Å²) in [5, 5.41) is 9.48. The number of amides is 1. The minimum atomic E-state index is -1.10. The zero-order chi connectivity index (χ0) is 12.1. The maximum atomic E-state index is 11.0. The molecule has 0 fully saturated rings. The van der Waals surface area contributed by atoms with E-state index in [0.717, 1.165) is 4.90 Å². The van der Waals surface area contributed by atoms with Gasteiger partial charge in [0.05, 0.1) is 12.8 Å². The predicted molar refractivity (Wildman–Crippen MR) is 64.1 cm³/mol. The van der Waals surface area contributed by atoms with Crippen molar-refractivity contribution >= 4 is 35.0 Å². The van der Waals surface area contributed by atoms with Gasteiger partial charge >= 0.3 is 6.09 Å². The lowest BCUT2D eigenvalue weighted by Crippen LogP contribution is -2.31.